The first kappa shape index (κ1) is 20.5. The molecule has 2 heterocycles. The molecule has 0 aliphatic heterocycles. The van der Waals surface area contributed by atoms with E-state index >= 15 is 0 Å². The Balaban J connectivity index is 1.93. The highest BCUT2D eigenvalue weighted by atomic mass is 16.3. The predicted molar refractivity (Wildman–Crippen MR) is 104 cm³/mol. The van der Waals surface area contributed by atoms with Crippen molar-refractivity contribution in [2.24, 2.45) is 4.99 Å². The molecule has 0 aliphatic rings. The minimum Gasteiger partial charge on any atom is -0.461 e. The Bertz CT molecular complexity index is 720. The summed E-state index contributed by atoms with van der Waals surface area (Å²) >= 11 is 0. The minimum absolute atomic E-state index is 0.0893. The second-order valence-corrected chi connectivity index (χ2v) is 5.99. The number of nitrogens with zero attached hydrogens (tertiary/aromatic N) is 5. The number of hydrogen-bond acceptors (Lipinski definition) is 5. The Morgan fingerprint density at radius 1 is 1.33 bits per heavy atom. The van der Waals surface area contributed by atoms with E-state index in [4.69, 9.17) is 4.42 Å². The molecule has 0 spiro atoms. The summed E-state index contributed by atoms with van der Waals surface area (Å²) in [5.74, 6) is 2.69. The molecule has 2 N–H and O–H groups in total. The summed E-state index contributed by atoms with van der Waals surface area (Å²) in [4.78, 5) is 25.0. The third-order valence-corrected chi connectivity index (χ3v) is 4.07. The van der Waals surface area contributed by atoms with Gasteiger partial charge >= 0.3 is 0 Å². The highest BCUT2D eigenvalue weighted by Crippen LogP contribution is 2.14. The zero-order chi connectivity index (χ0) is 19.6. The van der Waals surface area contributed by atoms with Gasteiger partial charge in [-0.2, -0.15) is 5.10 Å². The van der Waals surface area contributed by atoms with Crippen molar-refractivity contribution in [1.29, 1.82) is 0 Å². The number of furan rings is 1. The first-order valence-corrected chi connectivity index (χ1v) is 9.31. The van der Waals surface area contributed by atoms with Crippen LogP contribution in [0.2, 0.25) is 0 Å². The zero-order valence-electron chi connectivity index (χ0n) is 16.5. The molecular weight excluding hydrogens is 346 g/mol. The van der Waals surface area contributed by atoms with Crippen LogP contribution in [-0.4, -0.2) is 76.6 Å². The average Bonchev–Trinajstić information content (AvgIpc) is 3.33. The van der Waals surface area contributed by atoms with Crippen molar-refractivity contribution in [2.75, 3.05) is 39.8 Å². The molecule has 0 fully saturated rings. The van der Waals surface area contributed by atoms with Gasteiger partial charge in [-0.05, 0) is 32.9 Å². The molecular formula is C18H29N7O2. The monoisotopic (exact) mass is 375 g/mol. The number of aromatic nitrogens is 3. The molecule has 2 rings (SSSR count). The van der Waals surface area contributed by atoms with E-state index in [9.17, 15) is 4.79 Å². The number of likely N-dealkylation sites (N-methyl/N-ethyl adjacent to an activating group) is 2. The maximum absolute atomic E-state index is 12.3. The van der Waals surface area contributed by atoms with Gasteiger partial charge in [0, 0.05) is 39.6 Å². The van der Waals surface area contributed by atoms with Crippen LogP contribution in [0.1, 0.15) is 26.6 Å². The van der Waals surface area contributed by atoms with Crippen LogP contribution in [0.25, 0.3) is 11.6 Å². The minimum atomic E-state index is 0.0893. The largest absolute Gasteiger partial charge is 0.461 e. The molecule has 0 saturated heterocycles. The van der Waals surface area contributed by atoms with E-state index < -0.39 is 0 Å². The molecule has 0 atom stereocenters. The number of carbonyl (C=O) groups excluding carboxylic acids is 1. The van der Waals surface area contributed by atoms with Crippen LogP contribution in [0.15, 0.2) is 27.8 Å². The maximum atomic E-state index is 12.3. The lowest BCUT2D eigenvalue weighted by Gasteiger charge is -2.25. The molecule has 0 aromatic carbocycles. The smallest absolute Gasteiger partial charge is 0.242 e. The number of aliphatic imine (C=N–C) groups is 1. The Morgan fingerprint density at radius 3 is 2.74 bits per heavy atom. The molecule has 0 radical (unpaired) electrons. The van der Waals surface area contributed by atoms with Gasteiger partial charge in [-0.1, -0.05) is 0 Å². The molecule has 2 aromatic rings. The fraction of sp³-hybridized carbons (Fsp3) is 0.556. The maximum Gasteiger partial charge on any atom is 0.242 e. The molecule has 0 bridgehead atoms. The highest BCUT2D eigenvalue weighted by Gasteiger charge is 2.15. The standard InChI is InChI=1S/C18H29N7O2/c1-5-19-18(24(4)13-16(26)25(6-2)7-3)20-11-10-15-21-17(23-22-15)14-9-8-12-27-14/h8-9,12H,5-7,10-11,13H2,1-4H3,(H,19,20)(H,21,22,23). The molecule has 148 valence electrons. The van der Waals surface area contributed by atoms with Crippen molar-refractivity contribution < 1.29 is 9.21 Å². The normalized spacial score (nSPS) is 11.5. The van der Waals surface area contributed by atoms with Crippen molar-refractivity contribution in [2.45, 2.75) is 27.2 Å². The number of nitrogens with one attached hydrogen (secondary N) is 2. The summed E-state index contributed by atoms with van der Waals surface area (Å²) in [5, 5.41) is 10.3. The van der Waals surface area contributed by atoms with Gasteiger partial charge in [-0.3, -0.25) is 14.9 Å². The average molecular weight is 375 g/mol. The van der Waals surface area contributed by atoms with E-state index in [1.165, 1.54) is 0 Å². The fourth-order valence-corrected chi connectivity index (χ4v) is 2.61. The Kier molecular flexibility index (Phi) is 7.84. The van der Waals surface area contributed by atoms with Crippen molar-refractivity contribution in [3.8, 4) is 11.6 Å². The first-order valence-electron chi connectivity index (χ1n) is 9.31. The van der Waals surface area contributed by atoms with Crippen LogP contribution in [0.5, 0.6) is 0 Å². The lowest BCUT2D eigenvalue weighted by molar-refractivity contribution is -0.131. The Labute approximate surface area is 159 Å². The molecule has 27 heavy (non-hydrogen) atoms. The van der Waals surface area contributed by atoms with Gasteiger partial charge in [-0.15, -0.1) is 0 Å². The van der Waals surface area contributed by atoms with Crippen LogP contribution in [-0.2, 0) is 11.2 Å². The zero-order valence-corrected chi connectivity index (χ0v) is 16.5. The third-order valence-electron chi connectivity index (χ3n) is 4.07. The van der Waals surface area contributed by atoms with Crippen LogP contribution >= 0.6 is 0 Å². The summed E-state index contributed by atoms with van der Waals surface area (Å²) in [6.45, 7) is 8.93. The number of hydrogen-bond donors (Lipinski definition) is 2. The van der Waals surface area contributed by atoms with Crippen molar-refractivity contribution in [3.05, 3.63) is 24.2 Å². The van der Waals surface area contributed by atoms with Gasteiger partial charge in [-0.25, -0.2) is 4.98 Å². The van der Waals surface area contributed by atoms with Gasteiger partial charge in [0.25, 0.3) is 0 Å². The lowest BCUT2D eigenvalue weighted by atomic mass is 10.4. The molecule has 0 saturated carbocycles. The van der Waals surface area contributed by atoms with Crippen LogP contribution in [0.3, 0.4) is 0 Å². The van der Waals surface area contributed by atoms with E-state index in [1.807, 2.05) is 43.7 Å². The lowest BCUT2D eigenvalue weighted by Crippen LogP contribution is -2.45. The Morgan fingerprint density at radius 2 is 2.11 bits per heavy atom. The SMILES string of the molecule is CCNC(=NCCc1nc(-c2ccco2)n[nH]1)N(C)CC(=O)N(CC)CC. The number of carbonyl (C=O) groups is 1. The van der Waals surface area contributed by atoms with Gasteiger partial charge in [0.05, 0.1) is 12.8 Å². The summed E-state index contributed by atoms with van der Waals surface area (Å²) in [6, 6.07) is 3.62. The molecule has 9 nitrogen and oxygen atoms in total. The third kappa shape index (κ3) is 5.83. The quantitative estimate of drug-likeness (QED) is 0.507. The van der Waals surface area contributed by atoms with E-state index in [2.05, 4.69) is 25.5 Å². The van der Waals surface area contributed by atoms with Crippen molar-refractivity contribution in [3.63, 3.8) is 0 Å². The second-order valence-electron chi connectivity index (χ2n) is 5.99. The Hall–Kier alpha value is -2.84. The summed E-state index contributed by atoms with van der Waals surface area (Å²) < 4.78 is 5.29. The highest BCUT2D eigenvalue weighted by molar-refractivity contribution is 5.86. The number of guanidine groups is 1. The number of H-pyrrole nitrogens is 1. The summed E-state index contributed by atoms with van der Waals surface area (Å²) in [7, 11) is 1.87. The topological polar surface area (TPSA) is 103 Å². The molecule has 0 aliphatic carbocycles. The molecule has 9 heteroatoms. The van der Waals surface area contributed by atoms with Crippen molar-refractivity contribution >= 4 is 11.9 Å². The van der Waals surface area contributed by atoms with E-state index in [0.717, 1.165) is 12.4 Å². The van der Waals surface area contributed by atoms with Crippen LogP contribution in [0, 0.1) is 0 Å². The van der Waals surface area contributed by atoms with E-state index in [0.29, 0.717) is 50.1 Å². The van der Waals surface area contributed by atoms with Crippen LogP contribution < -0.4 is 5.32 Å². The summed E-state index contributed by atoms with van der Waals surface area (Å²) in [6.07, 6.45) is 2.20. The second kappa shape index (κ2) is 10.3. The van der Waals surface area contributed by atoms with Gasteiger partial charge < -0.3 is 19.5 Å². The fourth-order valence-electron chi connectivity index (χ4n) is 2.61. The number of amides is 1. The summed E-state index contributed by atoms with van der Waals surface area (Å²) in [5.41, 5.74) is 0. The van der Waals surface area contributed by atoms with Gasteiger partial charge in [0.15, 0.2) is 11.7 Å². The van der Waals surface area contributed by atoms with Gasteiger partial charge in [0.1, 0.15) is 5.82 Å². The number of rotatable bonds is 9. The van der Waals surface area contributed by atoms with Gasteiger partial charge in [0.2, 0.25) is 11.7 Å². The molecule has 0 unspecified atom stereocenters. The molecule has 1 amide bonds. The van der Waals surface area contributed by atoms with Crippen molar-refractivity contribution in [1.82, 2.24) is 30.3 Å². The van der Waals surface area contributed by atoms with Crippen LogP contribution in [0.4, 0.5) is 0 Å². The molecule has 2 aromatic heterocycles. The number of aromatic amines is 1. The predicted octanol–water partition coefficient (Wildman–Crippen LogP) is 1.37. The van der Waals surface area contributed by atoms with E-state index in [-0.39, 0.29) is 5.91 Å². The first-order chi connectivity index (χ1) is 13.1. The van der Waals surface area contributed by atoms with E-state index in [1.54, 1.807) is 12.3 Å².